The maximum Gasteiger partial charge on any atom is 0.262 e. The molecule has 5 heteroatoms. The number of piperidine rings is 1. The minimum Gasteiger partial charge on any atom is -1.00 e. The van der Waals surface area contributed by atoms with Crippen molar-refractivity contribution in [3.05, 3.63) is 60.6 Å². The van der Waals surface area contributed by atoms with Crippen molar-refractivity contribution in [2.75, 3.05) is 25.1 Å². The van der Waals surface area contributed by atoms with Gasteiger partial charge in [-0.25, -0.2) is 4.57 Å². The van der Waals surface area contributed by atoms with Crippen LogP contribution in [0.15, 0.2) is 54.7 Å². The summed E-state index contributed by atoms with van der Waals surface area (Å²) in [5.74, 6) is 2.30. The fourth-order valence-electron chi connectivity index (χ4n) is 5.03. The third-order valence-electron chi connectivity index (χ3n) is 6.64. The number of nitrogens with zero attached hydrogens (tertiary/aromatic N) is 3. The summed E-state index contributed by atoms with van der Waals surface area (Å²) in [5, 5.41) is 0. The van der Waals surface area contributed by atoms with Gasteiger partial charge in [-0.15, -0.1) is 0 Å². The summed E-state index contributed by atoms with van der Waals surface area (Å²) >= 11 is 0. The highest BCUT2D eigenvalue weighted by molar-refractivity contribution is 5.63. The zero-order valence-corrected chi connectivity index (χ0v) is 20.0. The molecule has 1 fully saturated rings. The Morgan fingerprint density at radius 3 is 2.29 bits per heavy atom. The van der Waals surface area contributed by atoms with Crippen LogP contribution in [0.1, 0.15) is 44.3 Å². The molecule has 1 aromatic heterocycles. The number of rotatable bonds is 4. The van der Waals surface area contributed by atoms with E-state index in [1.807, 2.05) is 6.07 Å². The van der Waals surface area contributed by atoms with Gasteiger partial charge in [0, 0.05) is 30.8 Å². The number of anilines is 1. The standard InChI is InChI=1S/C26H32N3O.BrH/c1-30-25-11-6-5-10-23(25)29-20-24(28-19-9-2-4-12-26(28)29)21-13-15-22(16-14-21)27-17-7-3-8-18-27;/h5-6,10-11,13-16,20H,2-4,7-9,12,17-19H2,1H3;1H/q+1;/p-1. The molecule has 0 spiro atoms. The zero-order valence-electron chi connectivity index (χ0n) is 18.4. The van der Waals surface area contributed by atoms with E-state index >= 15 is 0 Å². The molecule has 0 bridgehead atoms. The summed E-state index contributed by atoms with van der Waals surface area (Å²) < 4.78 is 10.6. The summed E-state index contributed by atoms with van der Waals surface area (Å²) in [4.78, 5) is 2.53. The van der Waals surface area contributed by atoms with Crippen molar-refractivity contribution in [2.45, 2.75) is 51.5 Å². The van der Waals surface area contributed by atoms with Crippen molar-refractivity contribution in [3.8, 4) is 22.7 Å². The third-order valence-corrected chi connectivity index (χ3v) is 6.64. The molecule has 2 aliphatic rings. The minimum atomic E-state index is 0. The number of ether oxygens (including phenoxy) is 1. The summed E-state index contributed by atoms with van der Waals surface area (Å²) in [7, 11) is 1.76. The Kier molecular flexibility index (Phi) is 7.01. The lowest BCUT2D eigenvalue weighted by molar-refractivity contribution is -0.604. The van der Waals surface area contributed by atoms with Crippen LogP contribution in [0.4, 0.5) is 5.69 Å². The molecule has 2 aromatic carbocycles. The number of para-hydroxylation sites is 2. The molecule has 31 heavy (non-hydrogen) atoms. The van der Waals surface area contributed by atoms with E-state index in [0.29, 0.717) is 0 Å². The number of hydrogen-bond acceptors (Lipinski definition) is 2. The summed E-state index contributed by atoms with van der Waals surface area (Å²) in [6.07, 6.45) is 11.2. The lowest BCUT2D eigenvalue weighted by atomic mass is 10.1. The molecule has 2 aliphatic heterocycles. The minimum absolute atomic E-state index is 0. The van der Waals surface area contributed by atoms with Gasteiger partial charge in [0.2, 0.25) is 0 Å². The zero-order chi connectivity index (χ0) is 20.3. The maximum absolute atomic E-state index is 5.68. The quantitative estimate of drug-likeness (QED) is 0.532. The van der Waals surface area contributed by atoms with E-state index < -0.39 is 0 Å². The van der Waals surface area contributed by atoms with Gasteiger partial charge in [0.15, 0.2) is 17.1 Å². The number of halogens is 1. The number of imidazole rings is 1. The summed E-state index contributed by atoms with van der Waals surface area (Å²) in [5.41, 5.74) is 5.09. The fraction of sp³-hybridized carbons (Fsp3) is 0.423. The highest BCUT2D eigenvalue weighted by Gasteiger charge is 2.28. The third kappa shape index (κ3) is 4.38. The Morgan fingerprint density at radius 1 is 0.806 bits per heavy atom. The van der Waals surface area contributed by atoms with Gasteiger partial charge in [-0.05, 0) is 74.9 Å². The number of fused-ring (bicyclic) bond motifs is 1. The van der Waals surface area contributed by atoms with E-state index in [-0.39, 0.29) is 17.0 Å². The second-order valence-corrected chi connectivity index (χ2v) is 8.53. The van der Waals surface area contributed by atoms with Gasteiger partial charge >= 0.3 is 0 Å². The summed E-state index contributed by atoms with van der Waals surface area (Å²) in [6, 6.07) is 17.6. The van der Waals surface area contributed by atoms with Crippen molar-refractivity contribution in [1.82, 2.24) is 4.57 Å². The predicted octanol–water partition coefficient (Wildman–Crippen LogP) is 2.16. The first-order chi connectivity index (χ1) is 14.8. The van der Waals surface area contributed by atoms with Crippen LogP contribution >= 0.6 is 0 Å². The first-order valence-corrected chi connectivity index (χ1v) is 11.5. The molecule has 1 saturated heterocycles. The van der Waals surface area contributed by atoms with Crippen molar-refractivity contribution in [1.29, 1.82) is 0 Å². The van der Waals surface area contributed by atoms with Gasteiger partial charge in [-0.2, -0.15) is 4.57 Å². The van der Waals surface area contributed by atoms with E-state index in [1.54, 1.807) is 7.11 Å². The van der Waals surface area contributed by atoms with Crippen LogP contribution in [0.25, 0.3) is 16.9 Å². The first-order valence-electron chi connectivity index (χ1n) is 11.5. The molecular weight excluding hydrogens is 450 g/mol. The highest BCUT2D eigenvalue weighted by atomic mass is 79.9. The topological polar surface area (TPSA) is 21.3 Å². The second-order valence-electron chi connectivity index (χ2n) is 8.53. The van der Waals surface area contributed by atoms with Crippen LogP contribution in [-0.4, -0.2) is 24.8 Å². The van der Waals surface area contributed by atoms with Crippen molar-refractivity contribution in [2.24, 2.45) is 0 Å². The second kappa shape index (κ2) is 9.90. The van der Waals surface area contributed by atoms with E-state index in [2.05, 4.69) is 62.7 Å². The van der Waals surface area contributed by atoms with Crippen LogP contribution in [0, 0.1) is 0 Å². The summed E-state index contributed by atoms with van der Waals surface area (Å²) in [6.45, 7) is 3.46. The Bertz CT molecular complexity index is 1010. The Hall–Kier alpha value is -2.27. The molecule has 4 nitrogen and oxygen atoms in total. The smallest absolute Gasteiger partial charge is 0.262 e. The van der Waals surface area contributed by atoms with Gasteiger partial charge in [-0.1, -0.05) is 12.1 Å². The van der Waals surface area contributed by atoms with E-state index in [9.17, 15) is 0 Å². The monoisotopic (exact) mass is 481 g/mol. The van der Waals surface area contributed by atoms with Crippen LogP contribution in [0.3, 0.4) is 0 Å². The van der Waals surface area contributed by atoms with Crippen LogP contribution in [0.2, 0.25) is 0 Å². The molecule has 0 atom stereocenters. The van der Waals surface area contributed by atoms with Crippen LogP contribution < -0.4 is 31.2 Å². The van der Waals surface area contributed by atoms with E-state index in [1.165, 1.54) is 74.4 Å². The molecule has 0 aliphatic carbocycles. The number of aromatic nitrogens is 2. The Labute approximate surface area is 196 Å². The lowest BCUT2D eigenvalue weighted by Gasteiger charge is -2.28. The molecule has 5 rings (SSSR count). The van der Waals surface area contributed by atoms with Crippen LogP contribution in [0.5, 0.6) is 5.75 Å². The molecule has 0 N–H and O–H groups in total. The molecule has 0 amide bonds. The Morgan fingerprint density at radius 2 is 1.52 bits per heavy atom. The normalized spacial score (nSPS) is 16.2. The molecule has 0 unspecified atom stereocenters. The Balaban J connectivity index is 0.00000231. The van der Waals surface area contributed by atoms with Gasteiger partial charge < -0.3 is 26.6 Å². The number of hydrogen-bond donors (Lipinski definition) is 0. The highest BCUT2D eigenvalue weighted by Crippen LogP contribution is 2.29. The predicted molar refractivity (Wildman–Crippen MR) is 122 cm³/mol. The van der Waals surface area contributed by atoms with Crippen molar-refractivity contribution >= 4 is 5.69 Å². The average molecular weight is 482 g/mol. The number of benzene rings is 2. The largest absolute Gasteiger partial charge is 1.00 e. The van der Waals surface area contributed by atoms with Crippen LogP contribution in [-0.2, 0) is 13.0 Å². The SMILES string of the molecule is COc1ccccc1-[n+]1cc(-c2ccc(N3CCCCC3)cc2)n2c1CCCCC2.[Br-]. The van der Waals surface area contributed by atoms with Gasteiger partial charge in [0.05, 0.1) is 13.7 Å². The number of methoxy groups -OCH3 is 1. The van der Waals surface area contributed by atoms with Gasteiger partial charge in [0.1, 0.15) is 6.20 Å². The fourth-order valence-corrected chi connectivity index (χ4v) is 5.03. The van der Waals surface area contributed by atoms with Gasteiger partial charge in [0.25, 0.3) is 5.82 Å². The average Bonchev–Trinajstić information content (AvgIpc) is 3.00. The van der Waals surface area contributed by atoms with E-state index in [0.717, 1.165) is 24.4 Å². The molecular formula is C26H32BrN3O. The first kappa shape index (κ1) is 21.9. The maximum atomic E-state index is 5.68. The lowest BCUT2D eigenvalue weighted by Crippen LogP contribution is -3.00. The van der Waals surface area contributed by atoms with E-state index in [4.69, 9.17) is 4.74 Å². The molecule has 3 heterocycles. The molecule has 0 saturated carbocycles. The molecule has 164 valence electrons. The molecule has 0 radical (unpaired) electrons. The molecule has 3 aromatic rings. The van der Waals surface area contributed by atoms with Gasteiger partial charge in [-0.3, -0.25) is 0 Å². The van der Waals surface area contributed by atoms with Crippen molar-refractivity contribution in [3.63, 3.8) is 0 Å². The van der Waals surface area contributed by atoms with Crippen molar-refractivity contribution < 1.29 is 26.3 Å².